The highest BCUT2D eigenvalue weighted by molar-refractivity contribution is 5.42. The highest BCUT2D eigenvalue weighted by Crippen LogP contribution is 2.43. The van der Waals surface area contributed by atoms with E-state index in [1.807, 2.05) is 0 Å². The fraction of sp³-hybridized carbons (Fsp3) is 0.667. The lowest BCUT2D eigenvalue weighted by molar-refractivity contribution is 0.0792. The summed E-state index contributed by atoms with van der Waals surface area (Å²) in [5.41, 5.74) is 1.53. The molecule has 2 aliphatic heterocycles. The third-order valence-electron chi connectivity index (χ3n) is 5.23. The van der Waals surface area contributed by atoms with Gasteiger partial charge in [-0.1, -0.05) is 25.1 Å². The fourth-order valence-electron chi connectivity index (χ4n) is 3.57. The number of hydrogen-bond donors (Lipinski definition) is 1. The van der Waals surface area contributed by atoms with Crippen LogP contribution in [-0.4, -0.2) is 37.2 Å². The average molecular weight is 288 g/mol. The second kappa shape index (κ2) is 5.29. The first-order valence-corrected chi connectivity index (χ1v) is 8.10. The van der Waals surface area contributed by atoms with Crippen molar-refractivity contribution in [3.63, 3.8) is 0 Å². The SMILES string of the molecule is CN1CCC(C)(CNC2c3ccccc3OC2(C)C)CC1. The molecule has 1 fully saturated rings. The van der Waals surface area contributed by atoms with Crippen LogP contribution in [0.4, 0.5) is 0 Å². The van der Waals surface area contributed by atoms with Crippen LogP contribution in [0.3, 0.4) is 0 Å². The van der Waals surface area contributed by atoms with E-state index in [0.717, 1.165) is 12.3 Å². The molecule has 1 atom stereocenters. The van der Waals surface area contributed by atoms with E-state index in [2.05, 4.69) is 62.3 Å². The van der Waals surface area contributed by atoms with E-state index in [-0.39, 0.29) is 11.6 Å². The van der Waals surface area contributed by atoms with Crippen LogP contribution < -0.4 is 10.1 Å². The molecular formula is C18H28N2O. The van der Waals surface area contributed by atoms with Gasteiger partial charge in [0.1, 0.15) is 11.4 Å². The summed E-state index contributed by atoms with van der Waals surface area (Å²) in [4.78, 5) is 2.43. The average Bonchev–Trinajstić information content (AvgIpc) is 2.70. The third-order valence-corrected chi connectivity index (χ3v) is 5.23. The Bertz CT molecular complexity index is 504. The van der Waals surface area contributed by atoms with Crippen molar-refractivity contribution in [3.8, 4) is 5.75 Å². The summed E-state index contributed by atoms with van der Waals surface area (Å²) in [5.74, 6) is 1.04. The smallest absolute Gasteiger partial charge is 0.125 e. The van der Waals surface area contributed by atoms with E-state index in [4.69, 9.17) is 4.74 Å². The number of hydrogen-bond acceptors (Lipinski definition) is 3. The maximum atomic E-state index is 6.13. The molecule has 2 aliphatic rings. The van der Waals surface area contributed by atoms with Gasteiger partial charge in [-0.15, -0.1) is 0 Å². The zero-order valence-corrected chi connectivity index (χ0v) is 13.8. The second-order valence-electron chi connectivity index (χ2n) is 7.67. The van der Waals surface area contributed by atoms with E-state index in [0.29, 0.717) is 5.41 Å². The van der Waals surface area contributed by atoms with E-state index < -0.39 is 0 Å². The predicted molar refractivity (Wildman–Crippen MR) is 86.7 cm³/mol. The lowest BCUT2D eigenvalue weighted by Gasteiger charge is -2.39. The minimum absolute atomic E-state index is 0.175. The largest absolute Gasteiger partial charge is 0.486 e. The summed E-state index contributed by atoms with van der Waals surface area (Å²) < 4.78 is 6.13. The molecule has 2 heterocycles. The van der Waals surface area contributed by atoms with Gasteiger partial charge >= 0.3 is 0 Å². The van der Waals surface area contributed by atoms with E-state index in [1.54, 1.807) is 0 Å². The van der Waals surface area contributed by atoms with Gasteiger partial charge in [0.05, 0.1) is 6.04 Å². The minimum atomic E-state index is -0.175. The Labute approximate surface area is 128 Å². The van der Waals surface area contributed by atoms with E-state index >= 15 is 0 Å². The van der Waals surface area contributed by atoms with Gasteiger partial charge in [0, 0.05) is 12.1 Å². The molecule has 3 heteroatoms. The molecule has 1 aromatic rings. The summed E-state index contributed by atoms with van der Waals surface area (Å²) in [5, 5.41) is 3.81. The summed E-state index contributed by atoms with van der Waals surface area (Å²) in [6.07, 6.45) is 2.54. The lowest BCUT2D eigenvalue weighted by atomic mass is 9.79. The maximum absolute atomic E-state index is 6.13. The maximum Gasteiger partial charge on any atom is 0.125 e. The molecule has 0 radical (unpaired) electrons. The van der Waals surface area contributed by atoms with Crippen LogP contribution >= 0.6 is 0 Å². The summed E-state index contributed by atoms with van der Waals surface area (Å²) in [6.45, 7) is 10.3. The first kappa shape index (κ1) is 14.9. The predicted octanol–water partition coefficient (Wildman–Crippen LogP) is 3.22. The van der Waals surface area contributed by atoms with Crippen molar-refractivity contribution in [2.24, 2.45) is 5.41 Å². The van der Waals surface area contributed by atoms with E-state index in [1.165, 1.54) is 31.5 Å². The molecule has 0 amide bonds. The number of benzene rings is 1. The monoisotopic (exact) mass is 288 g/mol. The Morgan fingerprint density at radius 2 is 1.86 bits per heavy atom. The van der Waals surface area contributed by atoms with Gasteiger partial charge in [-0.2, -0.15) is 0 Å². The highest BCUT2D eigenvalue weighted by Gasteiger charge is 2.41. The van der Waals surface area contributed by atoms with Crippen molar-refractivity contribution in [3.05, 3.63) is 29.8 Å². The van der Waals surface area contributed by atoms with Gasteiger partial charge in [-0.05, 0) is 58.3 Å². The number of nitrogens with zero attached hydrogens (tertiary/aromatic N) is 1. The Kier molecular flexibility index (Phi) is 3.74. The molecular weight excluding hydrogens is 260 g/mol. The lowest BCUT2D eigenvalue weighted by Crippen LogP contribution is -2.46. The molecule has 1 aromatic carbocycles. The number of para-hydroxylation sites is 1. The van der Waals surface area contributed by atoms with Crippen LogP contribution in [0.5, 0.6) is 5.75 Å². The van der Waals surface area contributed by atoms with Crippen LogP contribution in [-0.2, 0) is 0 Å². The fourth-order valence-corrected chi connectivity index (χ4v) is 3.57. The first-order chi connectivity index (χ1) is 9.90. The van der Waals surface area contributed by atoms with Crippen LogP contribution in [0.1, 0.15) is 45.2 Å². The van der Waals surface area contributed by atoms with Crippen molar-refractivity contribution in [1.29, 1.82) is 0 Å². The number of likely N-dealkylation sites (tertiary alicyclic amines) is 1. The van der Waals surface area contributed by atoms with Gasteiger partial charge in [-0.25, -0.2) is 0 Å². The zero-order valence-electron chi connectivity index (χ0n) is 13.8. The van der Waals surface area contributed by atoms with E-state index in [9.17, 15) is 0 Å². The first-order valence-electron chi connectivity index (χ1n) is 8.10. The molecule has 0 aromatic heterocycles. The molecule has 1 unspecified atom stereocenters. The van der Waals surface area contributed by atoms with Crippen molar-refractivity contribution in [2.45, 2.75) is 45.3 Å². The Hall–Kier alpha value is -1.06. The number of rotatable bonds is 3. The second-order valence-corrected chi connectivity index (χ2v) is 7.67. The summed E-state index contributed by atoms with van der Waals surface area (Å²) in [7, 11) is 2.22. The highest BCUT2D eigenvalue weighted by atomic mass is 16.5. The minimum Gasteiger partial charge on any atom is -0.486 e. The molecule has 0 saturated carbocycles. The Morgan fingerprint density at radius 1 is 1.19 bits per heavy atom. The third kappa shape index (κ3) is 2.95. The standard InChI is InChI=1S/C18H28N2O/c1-17(2)16(14-7-5-6-8-15(14)21-17)19-13-18(3)9-11-20(4)12-10-18/h5-8,16,19H,9-13H2,1-4H3. The Morgan fingerprint density at radius 3 is 2.57 bits per heavy atom. The Balaban J connectivity index is 1.70. The van der Waals surface area contributed by atoms with Crippen LogP contribution in [0.2, 0.25) is 0 Å². The van der Waals surface area contributed by atoms with Gasteiger partial charge in [-0.3, -0.25) is 0 Å². The number of fused-ring (bicyclic) bond motifs is 1. The zero-order chi connectivity index (χ0) is 15.1. The topological polar surface area (TPSA) is 24.5 Å². The molecule has 3 rings (SSSR count). The molecule has 3 nitrogen and oxygen atoms in total. The number of ether oxygens (including phenoxy) is 1. The molecule has 1 N–H and O–H groups in total. The quantitative estimate of drug-likeness (QED) is 0.924. The normalized spacial score (nSPS) is 27.1. The van der Waals surface area contributed by atoms with Crippen molar-refractivity contribution < 1.29 is 4.74 Å². The van der Waals surface area contributed by atoms with Crippen LogP contribution in [0.15, 0.2) is 24.3 Å². The van der Waals surface area contributed by atoms with Crippen LogP contribution in [0, 0.1) is 5.41 Å². The van der Waals surface area contributed by atoms with Gasteiger partial charge in [0.2, 0.25) is 0 Å². The molecule has 0 bridgehead atoms. The van der Waals surface area contributed by atoms with Gasteiger partial charge < -0.3 is 15.0 Å². The molecule has 1 saturated heterocycles. The molecule has 116 valence electrons. The van der Waals surface area contributed by atoms with Crippen molar-refractivity contribution in [1.82, 2.24) is 10.2 Å². The summed E-state index contributed by atoms with van der Waals surface area (Å²) in [6, 6.07) is 8.71. The van der Waals surface area contributed by atoms with Crippen molar-refractivity contribution >= 4 is 0 Å². The molecule has 0 aliphatic carbocycles. The van der Waals surface area contributed by atoms with Gasteiger partial charge in [0.25, 0.3) is 0 Å². The number of piperidine rings is 1. The van der Waals surface area contributed by atoms with Crippen molar-refractivity contribution in [2.75, 3.05) is 26.7 Å². The molecule has 0 spiro atoms. The summed E-state index contributed by atoms with van der Waals surface area (Å²) >= 11 is 0. The molecule has 21 heavy (non-hydrogen) atoms. The van der Waals surface area contributed by atoms with Gasteiger partial charge in [0.15, 0.2) is 0 Å². The number of nitrogens with one attached hydrogen (secondary N) is 1. The van der Waals surface area contributed by atoms with Crippen LogP contribution in [0.25, 0.3) is 0 Å².